The third-order valence-corrected chi connectivity index (χ3v) is 3.51. The molecule has 1 amide bonds. The molecule has 128 valence electrons. The fraction of sp³-hybridized carbons (Fsp3) is 0.526. The van der Waals surface area contributed by atoms with E-state index in [-0.39, 0.29) is 12.0 Å². The van der Waals surface area contributed by atoms with Gasteiger partial charge in [0.25, 0.3) is 0 Å². The minimum Gasteiger partial charge on any atom is -0.444 e. The van der Waals surface area contributed by atoms with Gasteiger partial charge in [0.15, 0.2) is 0 Å². The Bertz CT molecular complexity index is 505. The minimum atomic E-state index is -0.517. The number of alkyl carbamates (subject to hydrolysis) is 1. The molecule has 0 heterocycles. The Morgan fingerprint density at radius 1 is 1.26 bits per heavy atom. The van der Waals surface area contributed by atoms with Gasteiger partial charge in [-0.25, -0.2) is 4.79 Å². The van der Waals surface area contributed by atoms with Crippen molar-refractivity contribution in [2.24, 2.45) is 5.92 Å². The van der Waals surface area contributed by atoms with Crippen LogP contribution in [0.25, 0.3) is 0 Å². The predicted octanol–water partition coefficient (Wildman–Crippen LogP) is 4.48. The van der Waals surface area contributed by atoms with Crippen molar-refractivity contribution in [1.82, 2.24) is 5.32 Å². The summed E-state index contributed by atoms with van der Waals surface area (Å²) in [6, 6.07) is 9.78. The Morgan fingerprint density at radius 3 is 2.39 bits per heavy atom. The van der Waals surface area contributed by atoms with Gasteiger partial charge in [-0.1, -0.05) is 43.8 Å². The molecule has 4 heteroatoms. The lowest BCUT2D eigenvalue weighted by atomic mass is 9.91. The maximum Gasteiger partial charge on any atom is 0.408 e. The van der Waals surface area contributed by atoms with E-state index in [1.54, 1.807) is 7.11 Å². The van der Waals surface area contributed by atoms with Gasteiger partial charge in [0, 0.05) is 7.11 Å². The fourth-order valence-corrected chi connectivity index (χ4v) is 2.26. The number of carbonyl (C=O) groups excluding carboxylic acids is 1. The largest absolute Gasteiger partial charge is 0.444 e. The lowest BCUT2D eigenvalue weighted by Gasteiger charge is -2.26. The third kappa shape index (κ3) is 7.33. The average molecular weight is 319 g/mol. The highest BCUT2D eigenvalue weighted by molar-refractivity contribution is 5.68. The van der Waals surface area contributed by atoms with Crippen LogP contribution in [0.2, 0.25) is 0 Å². The highest BCUT2D eigenvalue weighted by atomic mass is 16.6. The van der Waals surface area contributed by atoms with Crippen molar-refractivity contribution in [1.29, 1.82) is 0 Å². The Labute approximate surface area is 139 Å². The molecule has 1 aromatic rings. The molecule has 0 aliphatic carbocycles. The molecule has 0 radical (unpaired) electrons. The Morgan fingerprint density at radius 2 is 1.87 bits per heavy atom. The summed E-state index contributed by atoms with van der Waals surface area (Å²) < 4.78 is 10.5. The Hall–Kier alpha value is -1.81. The second-order valence-corrected chi connectivity index (χ2v) is 6.84. The molecule has 2 atom stereocenters. The van der Waals surface area contributed by atoms with Gasteiger partial charge in [0.2, 0.25) is 0 Å². The van der Waals surface area contributed by atoms with Gasteiger partial charge in [-0.15, -0.1) is 0 Å². The molecule has 1 rings (SSSR count). The maximum atomic E-state index is 12.1. The summed E-state index contributed by atoms with van der Waals surface area (Å²) in [5, 5.41) is 2.97. The number of hydrogen-bond donors (Lipinski definition) is 1. The molecule has 0 fully saturated rings. The van der Waals surface area contributed by atoms with E-state index in [1.165, 1.54) is 0 Å². The lowest BCUT2D eigenvalue weighted by molar-refractivity contribution is 0.0498. The predicted molar refractivity (Wildman–Crippen MR) is 93.3 cm³/mol. The van der Waals surface area contributed by atoms with Gasteiger partial charge in [0.05, 0.1) is 12.6 Å². The zero-order chi connectivity index (χ0) is 17.5. The van der Waals surface area contributed by atoms with Crippen LogP contribution in [0.4, 0.5) is 4.79 Å². The van der Waals surface area contributed by atoms with E-state index in [1.807, 2.05) is 51.1 Å². The van der Waals surface area contributed by atoms with E-state index in [2.05, 4.69) is 18.8 Å². The summed E-state index contributed by atoms with van der Waals surface area (Å²) in [6.07, 6.45) is 0.335. The first-order valence-electron chi connectivity index (χ1n) is 7.94. The van der Waals surface area contributed by atoms with E-state index in [9.17, 15) is 4.79 Å². The number of benzene rings is 1. The maximum absolute atomic E-state index is 12.1. The van der Waals surface area contributed by atoms with Crippen molar-refractivity contribution in [3.63, 3.8) is 0 Å². The number of amides is 1. The summed E-state index contributed by atoms with van der Waals surface area (Å²) in [5.74, 6) is 0.218. The molecule has 0 saturated carbocycles. The number of rotatable bonds is 7. The zero-order valence-corrected chi connectivity index (χ0v) is 14.9. The van der Waals surface area contributed by atoms with Crippen LogP contribution in [-0.4, -0.2) is 25.4 Å². The lowest BCUT2D eigenvalue weighted by Crippen LogP contribution is -2.35. The van der Waals surface area contributed by atoms with E-state index in [0.717, 1.165) is 17.6 Å². The van der Waals surface area contributed by atoms with Crippen molar-refractivity contribution in [3.05, 3.63) is 48.0 Å². The van der Waals surface area contributed by atoms with Gasteiger partial charge in [-0.05, 0) is 44.2 Å². The molecule has 0 spiro atoms. The molecular formula is C19H29NO3. The van der Waals surface area contributed by atoms with Crippen LogP contribution in [0, 0.1) is 5.92 Å². The van der Waals surface area contributed by atoms with Crippen molar-refractivity contribution < 1.29 is 14.3 Å². The summed E-state index contributed by atoms with van der Waals surface area (Å²) in [7, 11) is 1.66. The summed E-state index contributed by atoms with van der Waals surface area (Å²) >= 11 is 0. The molecule has 0 aromatic heterocycles. The topological polar surface area (TPSA) is 47.6 Å². The Kier molecular flexibility index (Phi) is 7.30. The highest BCUT2D eigenvalue weighted by Crippen LogP contribution is 2.25. The molecule has 0 aliphatic rings. The smallest absolute Gasteiger partial charge is 0.408 e. The second kappa shape index (κ2) is 8.73. The van der Waals surface area contributed by atoms with Crippen molar-refractivity contribution in [3.8, 4) is 0 Å². The van der Waals surface area contributed by atoms with Crippen LogP contribution in [0.15, 0.2) is 42.5 Å². The summed E-state index contributed by atoms with van der Waals surface area (Å²) in [5.41, 5.74) is 1.55. The molecule has 0 saturated heterocycles. The van der Waals surface area contributed by atoms with Gasteiger partial charge in [-0.3, -0.25) is 0 Å². The van der Waals surface area contributed by atoms with Gasteiger partial charge in [0.1, 0.15) is 5.60 Å². The van der Waals surface area contributed by atoms with E-state index >= 15 is 0 Å². The number of carbonyl (C=O) groups is 1. The normalized spacial score (nSPS) is 14.0. The molecule has 0 bridgehead atoms. The molecule has 23 heavy (non-hydrogen) atoms. The third-order valence-electron chi connectivity index (χ3n) is 3.51. The van der Waals surface area contributed by atoms with Crippen LogP contribution in [0.1, 0.15) is 45.7 Å². The zero-order valence-electron chi connectivity index (χ0n) is 14.9. The van der Waals surface area contributed by atoms with Crippen LogP contribution in [-0.2, 0) is 9.47 Å². The molecule has 0 unspecified atom stereocenters. The number of nitrogens with one attached hydrogen (secondary N) is 1. The monoisotopic (exact) mass is 319 g/mol. The molecule has 1 aromatic carbocycles. The van der Waals surface area contributed by atoms with E-state index in [4.69, 9.17) is 9.47 Å². The summed E-state index contributed by atoms with van der Waals surface area (Å²) in [4.78, 5) is 12.1. The highest BCUT2D eigenvalue weighted by Gasteiger charge is 2.22. The van der Waals surface area contributed by atoms with Crippen molar-refractivity contribution in [2.45, 2.75) is 45.8 Å². The van der Waals surface area contributed by atoms with Crippen LogP contribution < -0.4 is 5.32 Å². The van der Waals surface area contributed by atoms with Gasteiger partial charge >= 0.3 is 6.09 Å². The van der Waals surface area contributed by atoms with Crippen LogP contribution in [0.5, 0.6) is 0 Å². The van der Waals surface area contributed by atoms with E-state index < -0.39 is 11.7 Å². The molecule has 4 nitrogen and oxygen atoms in total. The van der Waals surface area contributed by atoms with Crippen LogP contribution >= 0.6 is 0 Å². The number of methoxy groups -OCH3 is 1. The minimum absolute atomic E-state index is 0.130. The summed E-state index contributed by atoms with van der Waals surface area (Å²) in [6.45, 7) is 12.2. The van der Waals surface area contributed by atoms with Gasteiger partial charge in [-0.2, -0.15) is 0 Å². The first-order chi connectivity index (χ1) is 10.7. The SMILES string of the molecule is C=C(COC)[C@H](C)C[C@@H](NC(=O)OC(C)(C)C)c1ccccc1. The fourth-order valence-electron chi connectivity index (χ4n) is 2.26. The molecule has 1 N–H and O–H groups in total. The van der Waals surface area contributed by atoms with Gasteiger partial charge < -0.3 is 14.8 Å². The first kappa shape index (κ1) is 19.2. The second-order valence-electron chi connectivity index (χ2n) is 6.84. The average Bonchev–Trinajstić information content (AvgIpc) is 2.45. The number of hydrogen-bond acceptors (Lipinski definition) is 3. The first-order valence-corrected chi connectivity index (χ1v) is 7.94. The van der Waals surface area contributed by atoms with Crippen molar-refractivity contribution >= 4 is 6.09 Å². The quantitative estimate of drug-likeness (QED) is 0.754. The molecular weight excluding hydrogens is 290 g/mol. The van der Waals surface area contributed by atoms with Crippen molar-refractivity contribution in [2.75, 3.05) is 13.7 Å². The molecule has 0 aliphatic heterocycles. The standard InChI is InChI=1S/C19H29NO3/c1-14(15(2)13-22-6)12-17(16-10-8-7-9-11-16)20-18(21)23-19(3,4)5/h7-11,14,17H,2,12-13H2,1,3-6H3,(H,20,21)/t14-,17-/m1/s1. The van der Waals surface area contributed by atoms with Crippen LogP contribution in [0.3, 0.4) is 0 Å². The van der Waals surface area contributed by atoms with E-state index in [0.29, 0.717) is 6.61 Å². The number of ether oxygens (including phenoxy) is 2. The Balaban J connectivity index is 2.82.